The largest absolute Gasteiger partial charge is 0.330 e. The van der Waals surface area contributed by atoms with E-state index in [9.17, 15) is 8.42 Å². The van der Waals surface area contributed by atoms with Crippen molar-refractivity contribution in [2.45, 2.75) is 28.9 Å². The Morgan fingerprint density at radius 1 is 1.32 bits per heavy atom. The SMILES string of the molecule is CN1/C(=N/S(C)(=O)=O)C2(CCC2)Sc2ccccc21. The number of amidine groups is 1. The molecule has 1 aromatic carbocycles. The fourth-order valence-electron chi connectivity index (χ4n) is 2.62. The molecule has 102 valence electrons. The quantitative estimate of drug-likeness (QED) is 0.799. The Balaban J connectivity index is 2.15. The van der Waals surface area contributed by atoms with Crippen LogP contribution in [-0.4, -0.2) is 32.3 Å². The van der Waals surface area contributed by atoms with Crippen molar-refractivity contribution in [2.24, 2.45) is 4.40 Å². The van der Waals surface area contributed by atoms with Gasteiger partial charge in [0.15, 0.2) is 0 Å². The number of thioether (sulfide) groups is 1. The third-order valence-electron chi connectivity index (χ3n) is 3.67. The normalized spacial score (nSPS) is 23.3. The van der Waals surface area contributed by atoms with Crippen LogP contribution in [0.2, 0.25) is 0 Å². The van der Waals surface area contributed by atoms with E-state index in [4.69, 9.17) is 0 Å². The van der Waals surface area contributed by atoms with Crippen LogP contribution in [0.3, 0.4) is 0 Å². The fraction of sp³-hybridized carbons (Fsp3) is 0.462. The molecule has 1 aliphatic heterocycles. The molecule has 0 bridgehead atoms. The number of para-hydroxylation sites is 1. The molecule has 1 spiro atoms. The van der Waals surface area contributed by atoms with Gasteiger partial charge >= 0.3 is 0 Å². The zero-order chi connectivity index (χ0) is 13.7. The summed E-state index contributed by atoms with van der Waals surface area (Å²) < 4.78 is 27.0. The minimum Gasteiger partial charge on any atom is -0.330 e. The van der Waals surface area contributed by atoms with Crippen LogP contribution in [0, 0.1) is 0 Å². The summed E-state index contributed by atoms with van der Waals surface area (Å²) in [4.78, 5) is 3.14. The molecule has 2 aliphatic rings. The molecule has 19 heavy (non-hydrogen) atoms. The summed E-state index contributed by atoms with van der Waals surface area (Å²) in [5, 5.41) is 0. The maximum absolute atomic E-state index is 11.6. The minimum atomic E-state index is -3.37. The zero-order valence-corrected chi connectivity index (χ0v) is 12.6. The second-order valence-electron chi connectivity index (χ2n) is 5.12. The molecule has 0 unspecified atom stereocenters. The van der Waals surface area contributed by atoms with Crippen LogP contribution in [0.25, 0.3) is 0 Å². The molecule has 4 nitrogen and oxygen atoms in total. The van der Waals surface area contributed by atoms with Crippen LogP contribution < -0.4 is 4.90 Å². The number of fused-ring (bicyclic) bond motifs is 1. The Kier molecular flexibility index (Phi) is 2.90. The van der Waals surface area contributed by atoms with Crippen molar-refractivity contribution in [1.29, 1.82) is 0 Å². The molecule has 1 aliphatic carbocycles. The van der Waals surface area contributed by atoms with Crippen molar-refractivity contribution in [3.8, 4) is 0 Å². The van der Waals surface area contributed by atoms with Crippen LogP contribution in [0.5, 0.6) is 0 Å². The van der Waals surface area contributed by atoms with Gasteiger partial charge in [-0.15, -0.1) is 16.2 Å². The molecule has 3 rings (SSSR count). The van der Waals surface area contributed by atoms with Gasteiger partial charge in [0.2, 0.25) is 0 Å². The Hall–Kier alpha value is -1.01. The van der Waals surface area contributed by atoms with Crippen LogP contribution in [0.1, 0.15) is 19.3 Å². The van der Waals surface area contributed by atoms with Crippen molar-refractivity contribution in [2.75, 3.05) is 18.2 Å². The van der Waals surface area contributed by atoms with Crippen LogP contribution in [0.15, 0.2) is 33.6 Å². The number of hydrogen-bond donors (Lipinski definition) is 0. The molecular formula is C13H16N2O2S2. The number of hydrogen-bond acceptors (Lipinski definition) is 3. The van der Waals surface area contributed by atoms with Gasteiger partial charge in [-0.25, -0.2) is 8.42 Å². The lowest BCUT2D eigenvalue weighted by atomic mass is 9.82. The molecule has 0 atom stereocenters. The lowest BCUT2D eigenvalue weighted by Gasteiger charge is -2.48. The van der Waals surface area contributed by atoms with Gasteiger partial charge in [-0.2, -0.15) is 0 Å². The summed E-state index contributed by atoms with van der Waals surface area (Å²) in [6.07, 6.45) is 4.27. The van der Waals surface area contributed by atoms with Crippen molar-refractivity contribution in [3.05, 3.63) is 24.3 Å². The Morgan fingerprint density at radius 3 is 2.58 bits per heavy atom. The highest BCUT2D eigenvalue weighted by atomic mass is 32.2. The topological polar surface area (TPSA) is 49.7 Å². The van der Waals surface area contributed by atoms with Gasteiger partial charge in [-0.3, -0.25) is 0 Å². The molecule has 1 aromatic rings. The lowest BCUT2D eigenvalue weighted by molar-refractivity contribution is 0.449. The number of sulfonamides is 1. The average Bonchev–Trinajstić information content (AvgIpc) is 2.29. The molecule has 0 amide bonds. The minimum absolute atomic E-state index is 0.147. The monoisotopic (exact) mass is 296 g/mol. The molecule has 0 N–H and O–H groups in total. The highest BCUT2D eigenvalue weighted by Gasteiger charge is 2.48. The van der Waals surface area contributed by atoms with Gasteiger partial charge in [-0.1, -0.05) is 12.1 Å². The molecule has 1 heterocycles. The summed E-state index contributed by atoms with van der Waals surface area (Å²) in [5.74, 6) is 0.685. The van der Waals surface area contributed by atoms with E-state index >= 15 is 0 Å². The summed E-state index contributed by atoms with van der Waals surface area (Å²) in [6, 6.07) is 8.08. The van der Waals surface area contributed by atoms with Crippen molar-refractivity contribution >= 4 is 33.3 Å². The van der Waals surface area contributed by atoms with E-state index in [1.807, 2.05) is 30.1 Å². The first-order valence-corrected chi connectivity index (χ1v) is 8.90. The van der Waals surface area contributed by atoms with Crippen LogP contribution >= 0.6 is 11.8 Å². The first-order valence-electron chi connectivity index (χ1n) is 6.23. The van der Waals surface area contributed by atoms with E-state index in [1.165, 1.54) is 4.90 Å². The maximum atomic E-state index is 11.6. The van der Waals surface area contributed by atoms with E-state index in [1.54, 1.807) is 11.8 Å². The second kappa shape index (κ2) is 4.24. The van der Waals surface area contributed by atoms with Crippen molar-refractivity contribution in [3.63, 3.8) is 0 Å². The number of anilines is 1. The predicted octanol–water partition coefficient (Wildman–Crippen LogP) is 2.51. The van der Waals surface area contributed by atoms with Gasteiger partial charge in [0.1, 0.15) is 5.84 Å². The lowest BCUT2D eigenvalue weighted by Crippen LogP contribution is -2.52. The summed E-state index contributed by atoms with van der Waals surface area (Å²) >= 11 is 1.76. The summed E-state index contributed by atoms with van der Waals surface area (Å²) in [5.41, 5.74) is 1.03. The second-order valence-corrected chi connectivity index (χ2v) is 8.20. The van der Waals surface area contributed by atoms with Gasteiger partial charge in [0.25, 0.3) is 10.0 Å². The van der Waals surface area contributed by atoms with E-state index in [0.717, 1.165) is 31.2 Å². The third kappa shape index (κ3) is 2.17. The van der Waals surface area contributed by atoms with Crippen molar-refractivity contribution < 1.29 is 8.42 Å². The Bertz CT molecular complexity index is 648. The first kappa shape index (κ1) is 13.0. The molecule has 0 aromatic heterocycles. The highest BCUT2D eigenvalue weighted by molar-refractivity contribution is 8.02. The van der Waals surface area contributed by atoms with E-state index in [0.29, 0.717) is 5.84 Å². The van der Waals surface area contributed by atoms with E-state index < -0.39 is 10.0 Å². The molecule has 1 fully saturated rings. The Labute approximate surface area is 118 Å². The molecule has 6 heteroatoms. The third-order valence-corrected chi connectivity index (χ3v) is 5.72. The smallest absolute Gasteiger partial charge is 0.251 e. The molecule has 0 saturated heterocycles. The summed E-state index contributed by atoms with van der Waals surface area (Å²) in [7, 11) is -1.47. The Morgan fingerprint density at radius 2 is 2.00 bits per heavy atom. The number of nitrogens with zero attached hydrogens (tertiary/aromatic N) is 2. The van der Waals surface area contributed by atoms with Gasteiger partial charge in [-0.05, 0) is 31.4 Å². The highest BCUT2D eigenvalue weighted by Crippen LogP contribution is 2.54. The maximum Gasteiger partial charge on any atom is 0.251 e. The predicted molar refractivity (Wildman–Crippen MR) is 79.6 cm³/mol. The fourth-order valence-corrected chi connectivity index (χ4v) is 4.93. The van der Waals surface area contributed by atoms with Gasteiger partial charge < -0.3 is 4.90 Å². The van der Waals surface area contributed by atoms with Crippen LogP contribution in [0.4, 0.5) is 5.69 Å². The van der Waals surface area contributed by atoms with Crippen LogP contribution in [-0.2, 0) is 10.0 Å². The van der Waals surface area contributed by atoms with E-state index in [-0.39, 0.29) is 4.75 Å². The first-order chi connectivity index (χ1) is 8.91. The van der Waals surface area contributed by atoms with E-state index in [2.05, 4.69) is 10.5 Å². The standard InChI is InChI=1S/C13H16N2O2S2/c1-15-10-6-3-4-7-11(10)18-13(8-5-9-13)12(15)14-19(2,16)17/h3-4,6-7H,5,8-9H2,1-2H3/b14-12+. The summed E-state index contributed by atoms with van der Waals surface area (Å²) in [6.45, 7) is 0. The van der Waals surface area contributed by atoms with Crippen molar-refractivity contribution in [1.82, 2.24) is 0 Å². The average molecular weight is 296 g/mol. The van der Waals surface area contributed by atoms with Gasteiger partial charge in [0.05, 0.1) is 16.7 Å². The van der Waals surface area contributed by atoms with Gasteiger partial charge in [0, 0.05) is 11.9 Å². The number of rotatable bonds is 1. The molecular weight excluding hydrogens is 280 g/mol. The number of benzene rings is 1. The molecule has 0 radical (unpaired) electrons. The zero-order valence-electron chi connectivity index (χ0n) is 11.0. The molecule has 1 saturated carbocycles.